The molecule has 1 atom stereocenters. The van der Waals surface area contributed by atoms with Gasteiger partial charge < -0.3 is 10.1 Å². The van der Waals surface area contributed by atoms with E-state index in [1.165, 1.54) is 19.3 Å². The summed E-state index contributed by atoms with van der Waals surface area (Å²) in [4.78, 5) is 0. The summed E-state index contributed by atoms with van der Waals surface area (Å²) in [5.41, 5.74) is 0.729. The summed E-state index contributed by atoms with van der Waals surface area (Å²) in [5, 5.41) is 7.64. The predicted octanol–water partition coefficient (Wildman–Crippen LogP) is 4.06. The Morgan fingerprint density at radius 2 is 1.94 bits per heavy atom. The minimum absolute atomic E-state index is 0.345. The minimum atomic E-state index is 0.345. The van der Waals surface area contributed by atoms with Gasteiger partial charge in [-0.3, -0.25) is 0 Å². The maximum atomic E-state index is 7.64. The Balaban J connectivity index is 3.43. The Morgan fingerprint density at radius 3 is 2.50 bits per heavy atom. The van der Waals surface area contributed by atoms with Gasteiger partial charge >= 0.3 is 0 Å². The molecule has 0 aromatic rings. The van der Waals surface area contributed by atoms with Gasteiger partial charge in [-0.2, -0.15) is 0 Å². The monoisotopic (exact) mass is 225 g/mol. The van der Waals surface area contributed by atoms with Crippen LogP contribution in [-0.4, -0.2) is 19.4 Å². The van der Waals surface area contributed by atoms with E-state index in [0.717, 1.165) is 18.7 Å². The van der Waals surface area contributed by atoms with Crippen LogP contribution in [0.4, 0.5) is 0 Å². The van der Waals surface area contributed by atoms with Crippen LogP contribution < -0.4 is 0 Å². The largest absolute Gasteiger partial charge is 0.384 e. The molecule has 2 nitrogen and oxygen atoms in total. The Kier molecular flexibility index (Phi) is 9.21. The van der Waals surface area contributed by atoms with Crippen LogP contribution in [0.25, 0.3) is 0 Å². The first-order chi connectivity index (χ1) is 7.57. The lowest BCUT2D eigenvalue weighted by molar-refractivity contribution is 0.154. The highest BCUT2D eigenvalue weighted by atomic mass is 16.5. The molecule has 0 radical (unpaired) electrons. The van der Waals surface area contributed by atoms with Gasteiger partial charge in [-0.25, -0.2) is 0 Å². The number of rotatable bonds is 9. The average Bonchev–Trinajstić information content (AvgIpc) is 2.23. The third kappa shape index (κ3) is 8.66. The maximum absolute atomic E-state index is 7.64. The summed E-state index contributed by atoms with van der Waals surface area (Å²) in [6.07, 6.45) is 8.88. The molecule has 0 bridgehead atoms. The lowest BCUT2D eigenvalue weighted by Gasteiger charge is -2.08. The fourth-order valence-corrected chi connectivity index (χ4v) is 1.53. The van der Waals surface area contributed by atoms with Crippen LogP contribution in [-0.2, 0) is 4.74 Å². The molecule has 0 saturated carbocycles. The van der Waals surface area contributed by atoms with E-state index < -0.39 is 0 Å². The van der Waals surface area contributed by atoms with E-state index in [2.05, 4.69) is 26.8 Å². The summed E-state index contributed by atoms with van der Waals surface area (Å²) in [6.45, 7) is 7.21. The molecule has 0 spiro atoms. The van der Waals surface area contributed by atoms with E-state index in [4.69, 9.17) is 10.1 Å². The first-order valence-corrected chi connectivity index (χ1v) is 6.31. The number of hydrogen-bond donors (Lipinski definition) is 1. The van der Waals surface area contributed by atoms with Crippen molar-refractivity contribution in [1.82, 2.24) is 0 Å². The van der Waals surface area contributed by atoms with Gasteiger partial charge in [0.1, 0.15) is 0 Å². The number of unbranched alkanes of at least 4 members (excludes halogenated alkanes) is 2. The second kappa shape index (κ2) is 9.59. The summed E-state index contributed by atoms with van der Waals surface area (Å²) in [6, 6.07) is 0. The third-order valence-corrected chi connectivity index (χ3v) is 2.69. The maximum Gasteiger partial charge on any atom is 0.0487 e. The zero-order valence-electron chi connectivity index (χ0n) is 11.3. The molecule has 0 heterocycles. The first-order valence-electron chi connectivity index (χ1n) is 6.31. The Morgan fingerprint density at radius 1 is 1.25 bits per heavy atom. The van der Waals surface area contributed by atoms with E-state index >= 15 is 0 Å². The fraction of sp³-hybridized carbons (Fsp3) is 0.786. The normalized spacial score (nSPS) is 13.6. The quantitative estimate of drug-likeness (QED) is 0.466. The topological polar surface area (TPSA) is 33.1 Å². The van der Waals surface area contributed by atoms with E-state index in [0.29, 0.717) is 11.8 Å². The standard InChI is InChI=1S/C14H27NO/c1-12(2)14(15)10-8-6-5-7-9-13(3)11-16-4/h8,10,12-13,15H,5-7,9,11H2,1-4H3/b10-8-,15-14?. The third-order valence-electron chi connectivity index (χ3n) is 2.69. The Labute approximate surface area is 101 Å². The van der Waals surface area contributed by atoms with Crippen molar-refractivity contribution >= 4 is 5.71 Å². The molecule has 16 heavy (non-hydrogen) atoms. The molecule has 0 aromatic heterocycles. The number of nitrogens with one attached hydrogen (secondary N) is 1. The van der Waals surface area contributed by atoms with Gasteiger partial charge in [0, 0.05) is 19.4 Å². The smallest absolute Gasteiger partial charge is 0.0487 e. The van der Waals surface area contributed by atoms with Crippen LogP contribution in [0.2, 0.25) is 0 Å². The molecule has 0 saturated heterocycles. The Bertz CT molecular complexity index is 209. The van der Waals surface area contributed by atoms with E-state index in [-0.39, 0.29) is 0 Å². The number of ether oxygens (including phenoxy) is 1. The van der Waals surface area contributed by atoms with E-state index in [9.17, 15) is 0 Å². The van der Waals surface area contributed by atoms with Crippen molar-refractivity contribution in [3.63, 3.8) is 0 Å². The van der Waals surface area contributed by atoms with Crippen molar-refractivity contribution in [2.45, 2.75) is 46.5 Å². The molecule has 0 aliphatic carbocycles. The molecule has 1 unspecified atom stereocenters. The highest BCUT2D eigenvalue weighted by Gasteiger charge is 2.00. The zero-order valence-corrected chi connectivity index (χ0v) is 11.3. The van der Waals surface area contributed by atoms with Gasteiger partial charge in [-0.05, 0) is 37.2 Å². The molecule has 0 aliphatic heterocycles. The van der Waals surface area contributed by atoms with Crippen LogP contribution in [0.3, 0.4) is 0 Å². The summed E-state index contributed by atoms with van der Waals surface area (Å²) < 4.78 is 5.10. The molecule has 0 rings (SSSR count). The highest BCUT2D eigenvalue weighted by Crippen LogP contribution is 2.10. The van der Waals surface area contributed by atoms with E-state index in [1.807, 2.05) is 6.08 Å². The lowest BCUT2D eigenvalue weighted by Crippen LogP contribution is -2.03. The molecule has 94 valence electrons. The van der Waals surface area contributed by atoms with Crippen molar-refractivity contribution < 1.29 is 4.74 Å². The summed E-state index contributed by atoms with van der Waals surface area (Å²) in [5.74, 6) is 1.01. The molecule has 2 heteroatoms. The van der Waals surface area contributed by atoms with Crippen LogP contribution in [0, 0.1) is 17.2 Å². The number of methoxy groups -OCH3 is 1. The fourth-order valence-electron chi connectivity index (χ4n) is 1.53. The average molecular weight is 225 g/mol. The molecule has 0 amide bonds. The summed E-state index contributed by atoms with van der Waals surface area (Å²) in [7, 11) is 1.76. The molecular formula is C14H27NO. The Hall–Kier alpha value is -0.630. The molecule has 0 aromatic carbocycles. The second-order valence-electron chi connectivity index (χ2n) is 4.86. The van der Waals surface area contributed by atoms with Crippen molar-refractivity contribution in [3.05, 3.63) is 12.2 Å². The molecular weight excluding hydrogens is 198 g/mol. The van der Waals surface area contributed by atoms with Gasteiger partial charge in [-0.1, -0.05) is 33.3 Å². The van der Waals surface area contributed by atoms with Crippen LogP contribution in [0.5, 0.6) is 0 Å². The van der Waals surface area contributed by atoms with Crippen molar-refractivity contribution in [2.75, 3.05) is 13.7 Å². The predicted molar refractivity (Wildman–Crippen MR) is 71.2 cm³/mol. The van der Waals surface area contributed by atoms with E-state index in [1.54, 1.807) is 7.11 Å². The highest BCUT2D eigenvalue weighted by molar-refractivity contribution is 5.93. The van der Waals surface area contributed by atoms with Gasteiger partial charge in [0.05, 0.1) is 0 Å². The molecule has 1 N–H and O–H groups in total. The van der Waals surface area contributed by atoms with Gasteiger partial charge in [-0.15, -0.1) is 0 Å². The number of allylic oxidation sites excluding steroid dienone is 2. The van der Waals surface area contributed by atoms with Crippen molar-refractivity contribution in [1.29, 1.82) is 5.41 Å². The molecule has 0 aliphatic rings. The van der Waals surface area contributed by atoms with Gasteiger partial charge in [0.15, 0.2) is 0 Å². The van der Waals surface area contributed by atoms with Crippen LogP contribution in [0.1, 0.15) is 46.5 Å². The number of hydrogen-bond acceptors (Lipinski definition) is 2. The second-order valence-corrected chi connectivity index (χ2v) is 4.86. The van der Waals surface area contributed by atoms with Crippen LogP contribution >= 0.6 is 0 Å². The summed E-state index contributed by atoms with van der Waals surface area (Å²) >= 11 is 0. The first kappa shape index (κ1) is 15.4. The van der Waals surface area contributed by atoms with Gasteiger partial charge in [0.25, 0.3) is 0 Å². The lowest BCUT2D eigenvalue weighted by atomic mass is 10.0. The SMILES string of the molecule is COCC(C)CCCC/C=C\C(=N)C(C)C. The van der Waals surface area contributed by atoms with Crippen molar-refractivity contribution in [2.24, 2.45) is 11.8 Å². The van der Waals surface area contributed by atoms with Gasteiger partial charge in [0.2, 0.25) is 0 Å². The van der Waals surface area contributed by atoms with Crippen molar-refractivity contribution in [3.8, 4) is 0 Å². The minimum Gasteiger partial charge on any atom is -0.384 e. The zero-order chi connectivity index (χ0) is 12.4. The van der Waals surface area contributed by atoms with Crippen LogP contribution in [0.15, 0.2) is 12.2 Å². The molecule has 0 fully saturated rings.